The van der Waals surface area contributed by atoms with Crippen LogP contribution in [0.25, 0.3) is 0 Å². The summed E-state index contributed by atoms with van der Waals surface area (Å²) in [6.45, 7) is 1.94. The van der Waals surface area contributed by atoms with E-state index in [0.29, 0.717) is 11.3 Å². The zero-order valence-corrected chi connectivity index (χ0v) is 10.2. The number of carbonyl (C=O) groups is 1. The summed E-state index contributed by atoms with van der Waals surface area (Å²) in [7, 11) is 0. The van der Waals surface area contributed by atoms with Crippen LogP contribution in [0.2, 0.25) is 0 Å². The number of rotatable bonds is 2. The van der Waals surface area contributed by atoms with Gasteiger partial charge < -0.3 is 10.5 Å². The molecule has 92 valence electrons. The fourth-order valence-corrected chi connectivity index (χ4v) is 2.24. The summed E-state index contributed by atoms with van der Waals surface area (Å²) >= 11 is 0. The molecule has 0 unspecified atom stereocenters. The minimum Gasteiger partial charge on any atom is -0.459 e. The Morgan fingerprint density at radius 3 is 2.71 bits per heavy atom. The lowest BCUT2D eigenvalue weighted by atomic mass is 9.98. The van der Waals surface area contributed by atoms with Crippen LogP contribution in [0.15, 0.2) is 18.2 Å². The molecule has 17 heavy (non-hydrogen) atoms. The van der Waals surface area contributed by atoms with E-state index >= 15 is 0 Å². The molecule has 1 aromatic rings. The van der Waals surface area contributed by atoms with E-state index in [9.17, 15) is 4.79 Å². The molecule has 2 rings (SSSR count). The zero-order valence-electron chi connectivity index (χ0n) is 10.2. The molecule has 0 saturated heterocycles. The second-order valence-electron chi connectivity index (χ2n) is 4.76. The second kappa shape index (κ2) is 5.21. The third kappa shape index (κ3) is 2.99. The molecule has 0 radical (unpaired) electrons. The lowest BCUT2D eigenvalue weighted by Gasteiger charge is -2.22. The van der Waals surface area contributed by atoms with Crippen molar-refractivity contribution in [3.63, 3.8) is 0 Å². The third-order valence-electron chi connectivity index (χ3n) is 3.25. The first-order chi connectivity index (χ1) is 8.16. The molecule has 1 aliphatic carbocycles. The van der Waals surface area contributed by atoms with E-state index in [1.165, 1.54) is 6.42 Å². The van der Waals surface area contributed by atoms with Crippen LogP contribution in [0.3, 0.4) is 0 Å². The lowest BCUT2D eigenvalue weighted by molar-refractivity contribution is 0.0212. The second-order valence-corrected chi connectivity index (χ2v) is 4.76. The Balaban J connectivity index is 2.05. The van der Waals surface area contributed by atoms with Gasteiger partial charge in [0.1, 0.15) is 6.10 Å². The maximum atomic E-state index is 12.0. The number of esters is 1. The van der Waals surface area contributed by atoms with Crippen molar-refractivity contribution >= 4 is 11.7 Å². The van der Waals surface area contributed by atoms with E-state index in [0.717, 1.165) is 31.2 Å². The van der Waals surface area contributed by atoms with Crippen molar-refractivity contribution in [1.29, 1.82) is 0 Å². The molecule has 0 aromatic heterocycles. The van der Waals surface area contributed by atoms with Gasteiger partial charge in [0.2, 0.25) is 0 Å². The van der Waals surface area contributed by atoms with Gasteiger partial charge in [0, 0.05) is 5.69 Å². The van der Waals surface area contributed by atoms with E-state index in [4.69, 9.17) is 10.5 Å². The smallest absolute Gasteiger partial charge is 0.340 e. The molecule has 0 aliphatic heterocycles. The average Bonchev–Trinajstić information content (AvgIpc) is 2.33. The summed E-state index contributed by atoms with van der Waals surface area (Å²) in [5.41, 5.74) is 7.81. The van der Waals surface area contributed by atoms with Crippen LogP contribution in [0, 0.1) is 6.92 Å². The Morgan fingerprint density at radius 1 is 1.29 bits per heavy atom. The highest BCUT2D eigenvalue weighted by atomic mass is 16.5. The van der Waals surface area contributed by atoms with E-state index in [-0.39, 0.29) is 12.1 Å². The Morgan fingerprint density at radius 2 is 2.00 bits per heavy atom. The number of nitrogens with two attached hydrogens (primary N) is 1. The van der Waals surface area contributed by atoms with Gasteiger partial charge in [-0.3, -0.25) is 0 Å². The van der Waals surface area contributed by atoms with E-state index in [1.807, 2.05) is 13.0 Å². The van der Waals surface area contributed by atoms with Crippen molar-refractivity contribution in [3.8, 4) is 0 Å². The van der Waals surface area contributed by atoms with Crippen molar-refractivity contribution in [2.75, 3.05) is 5.73 Å². The summed E-state index contributed by atoms with van der Waals surface area (Å²) in [6.07, 6.45) is 5.61. The number of aryl methyl sites for hydroxylation is 1. The highest BCUT2D eigenvalue weighted by molar-refractivity contribution is 5.95. The molecular weight excluding hydrogens is 214 g/mol. The van der Waals surface area contributed by atoms with Crippen molar-refractivity contribution in [2.45, 2.75) is 45.1 Å². The van der Waals surface area contributed by atoms with Crippen molar-refractivity contribution in [2.24, 2.45) is 0 Å². The molecule has 1 saturated carbocycles. The van der Waals surface area contributed by atoms with Crippen LogP contribution >= 0.6 is 0 Å². The zero-order chi connectivity index (χ0) is 12.3. The SMILES string of the molecule is Cc1ccc(N)c(C(=O)OC2CCCCC2)c1. The molecule has 2 N–H and O–H groups in total. The van der Waals surface area contributed by atoms with Gasteiger partial charge in [-0.15, -0.1) is 0 Å². The minimum atomic E-state index is -0.280. The predicted molar refractivity (Wildman–Crippen MR) is 67.9 cm³/mol. The van der Waals surface area contributed by atoms with Gasteiger partial charge in [0.15, 0.2) is 0 Å². The Kier molecular flexibility index (Phi) is 3.67. The number of benzene rings is 1. The summed E-state index contributed by atoms with van der Waals surface area (Å²) in [5, 5.41) is 0. The highest BCUT2D eigenvalue weighted by Gasteiger charge is 2.20. The average molecular weight is 233 g/mol. The number of anilines is 1. The Hall–Kier alpha value is -1.51. The molecule has 0 bridgehead atoms. The maximum absolute atomic E-state index is 12.0. The van der Waals surface area contributed by atoms with Gasteiger partial charge in [-0.05, 0) is 44.7 Å². The highest BCUT2D eigenvalue weighted by Crippen LogP contribution is 2.23. The van der Waals surface area contributed by atoms with Crippen LogP contribution in [-0.2, 0) is 4.74 Å². The van der Waals surface area contributed by atoms with Crippen LogP contribution in [-0.4, -0.2) is 12.1 Å². The summed E-state index contributed by atoms with van der Waals surface area (Å²) < 4.78 is 5.49. The fourth-order valence-electron chi connectivity index (χ4n) is 2.24. The van der Waals surface area contributed by atoms with Gasteiger partial charge in [0.05, 0.1) is 5.56 Å². The number of hydrogen-bond acceptors (Lipinski definition) is 3. The van der Waals surface area contributed by atoms with Crippen molar-refractivity contribution in [1.82, 2.24) is 0 Å². The molecule has 1 aliphatic rings. The molecule has 0 atom stereocenters. The van der Waals surface area contributed by atoms with Gasteiger partial charge in [0.25, 0.3) is 0 Å². The van der Waals surface area contributed by atoms with Gasteiger partial charge >= 0.3 is 5.97 Å². The molecule has 3 heteroatoms. The first-order valence-corrected chi connectivity index (χ1v) is 6.24. The maximum Gasteiger partial charge on any atom is 0.340 e. The molecule has 0 spiro atoms. The lowest BCUT2D eigenvalue weighted by Crippen LogP contribution is -2.21. The normalized spacial score (nSPS) is 16.8. The van der Waals surface area contributed by atoms with Gasteiger partial charge in [-0.25, -0.2) is 4.79 Å². The van der Waals surface area contributed by atoms with Crippen LogP contribution in [0.4, 0.5) is 5.69 Å². The van der Waals surface area contributed by atoms with Crippen LogP contribution in [0.5, 0.6) is 0 Å². The standard InChI is InChI=1S/C14H19NO2/c1-10-7-8-13(15)12(9-10)14(16)17-11-5-3-2-4-6-11/h7-9,11H,2-6,15H2,1H3. The van der Waals surface area contributed by atoms with Gasteiger partial charge in [-0.2, -0.15) is 0 Å². The van der Waals surface area contributed by atoms with E-state index in [2.05, 4.69) is 0 Å². The fraction of sp³-hybridized carbons (Fsp3) is 0.500. The number of ether oxygens (including phenoxy) is 1. The van der Waals surface area contributed by atoms with Crippen molar-refractivity contribution < 1.29 is 9.53 Å². The molecule has 0 heterocycles. The summed E-state index contributed by atoms with van der Waals surface area (Å²) in [6, 6.07) is 5.44. The first kappa shape index (κ1) is 12.0. The van der Waals surface area contributed by atoms with Crippen LogP contribution < -0.4 is 5.73 Å². The predicted octanol–water partition coefficient (Wildman–Crippen LogP) is 3.07. The number of carbonyl (C=O) groups excluding carboxylic acids is 1. The topological polar surface area (TPSA) is 52.3 Å². The molecule has 0 amide bonds. The van der Waals surface area contributed by atoms with Gasteiger partial charge in [-0.1, -0.05) is 18.1 Å². The summed E-state index contributed by atoms with van der Waals surface area (Å²) in [4.78, 5) is 12.0. The molecule has 1 aromatic carbocycles. The summed E-state index contributed by atoms with van der Waals surface area (Å²) in [5.74, 6) is -0.280. The Labute approximate surface area is 102 Å². The van der Waals surface area contributed by atoms with E-state index < -0.39 is 0 Å². The minimum absolute atomic E-state index is 0.0798. The largest absolute Gasteiger partial charge is 0.459 e. The Bertz CT molecular complexity index is 409. The van der Waals surface area contributed by atoms with E-state index in [1.54, 1.807) is 12.1 Å². The number of nitrogen functional groups attached to an aromatic ring is 1. The molecule has 3 nitrogen and oxygen atoms in total. The third-order valence-corrected chi connectivity index (χ3v) is 3.25. The van der Waals surface area contributed by atoms with Crippen molar-refractivity contribution in [3.05, 3.63) is 29.3 Å². The molecule has 1 fully saturated rings. The quantitative estimate of drug-likeness (QED) is 0.631. The monoisotopic (exact) mass is 233 g/mol. The molecular formula is C14H19NO2. The number of hydrogen-bond donors (Lipinski definition) is 1. The van der Waals surface area contributed by atoms with Crippen LogP contribution in [0.1, 0.15) is 48.0 Å². The first-order valence-electron chi connectivity index (χ1n) is 6.24.